The molecule has 9 aromatic carbocycles. The summed E-state index contributed by atoms with van der Waals surface area (Å²) in [5, 5.41) is 34.8. The second-order valence-electron chi connectivity index (χ2n) is 18.3. The minimum absolute atomic E-state index is 0.0288. The number of carbonyl (C=O) groups is 2. The van der Waals surface area contributed by atoms with Gasteiger partial charge in [-0.05, 0) is 152 Å². The van der Waals surface area contributed by atoms with Crippen LogP contribution in [-0.4, -0.2) is 83.3 Å². The van der Waals surface area contributed by atoms with Gasteiger partial charge >= 0.3 is 5.97 Å². The number of hydrogen-bond acceptors (Lipinski definition) is 15. The van der Waals surface area contributed by atoms with E-state index in [1.165, 1.54) is 6.07 Å². The molecule has 84 heavy (non-hydrogen) atoms. The maximum atomic E-state index is 11.7. The van der Waals surface area contributed by atoms with E-state index in [9.17, 15) is 24.6 Å². The molecule has 13 aromatic rings. The van der Waals surface area contributed by atoms with Gasteiger partial charge in [-0.3, -0.25) is 14.8 Å². The fourth-order valence-electron chi connectivity index (χ4n) is 8.92. The number of para-hydroxylation sites is 14. The van der Waals surface area contributed by atoms with E-state index in [2.05, 4.69) is 60.8 Å². The Morgan fingerprint density at radius 1 is 0.452 bits per heavy atom. The molecule has 1 amide bonds. The largest absolute Gasteiger partial charge is 0.506 e. The minimum Gasteiger partial charge on any atom is -0.506 e. The first kappa shape index (κ1) is 56.4. The van der Waals surface area contributed by atoms with Crippen molar-refractivity contribution < 1.29 is 24.9 Å². The average molecular weight is 1190 g/mol. The van der Waals surface area contributed by atoms with Gasteiger partial charge in [0, 0.05) is 7.05 Å². The van der Waals surface area contributed by atoms with Crippen LogP contribution in [0.3, 0.4) is 0 Å². The SMILES string of the molecule is CP=N.Cn1c2cccc(=O)c-2nc2ccccc21.NC(=O)c1cccc2nc3ccccc3nc12.O=C(O)c1cccc2nc3ccccc3nc12.Oc1c(Br)ccc2nc3ccccc3nc12.Oc1cccc2nc3ccccc3nc12. The average Bonchev–Trinajstić information content (AvgIpc) is 3.68. The fraction of sp³-hybridized carbons (Fsp3) is 0.0312. The highest BCUT2D eigenvalue weighted by Crippen LogP contribution is 2.32. The van der Waals surface area contributed by atoms with Gasteiger partial charge in [0.25, 0.3) is 5.91 Å². The number of aryl methyl sites for hydroxylation is 1. The van der Waals surface area contributed by atoms with Crippen LogP contribution in [-0.2, 0) is 7.05 Å². The molecule has 0 atom stereocenters. The number of carboxylic acid groups (broad SMARTS) is 1. The summed E-state index contributed by atoms with van der Waals surface area (Å²) in [6, 6.07) is 62.2. The van der Waals surface area contributed by atoms with Crippen molar-refractivity contribution in [2.75, 3.05) is 6.66 Å². The molecule has 18 nitrogen and oxygen atoms in total. The van der Waals surface area contributed by atoms with Crippen LogP contribution in [0.4, 0.5) is 0 Å². The summed E-state index contributed by atoms with van der Waals surface area (Å²) >= 11 is 3.26. The molecule has 1 aliphatic heterocycles. The number of nitrogens with one attached hydrogen (secondary N) is 1. The quantitative estimate of drug-likeness (QED) is 0.0794. The molecule has 15 rings (SSSR count). The molecule has 1 aliphatic carbocycles. The minimum atomic E-state index is -0.986. The molecule has 0 fully saturated rings. The van der Waals surface area contributed by atoms with E-state index in [0.29, 0.717) is 73.8 Å². The van der Waals surface area contributed by atoms with E-state index >= 15 is 0 Å². The Hall–Kier alpha value is -10.9. The molecule has 0 spiro atoms. The monoisotopic (exact) mass is 1190 g/mol. The molecule has 0 saturated carbocycles. The molecule has 0 bridgehead atoms. The molecule has 20 heteroatoms. The third-order valence-electron chi connectivity index (χ3n) is 12.8. The lowest BCUT2D eigenvalue weighted by molar-refractivity contribution is 0.0698. The third kappa shape index (κ3) is 12.2. The number of nitrogens with two attached hydrogens (primary N) is 1. The van der Waals surface area contributed by atoms with Crippen LogP contribution in [0.25, 0.3) is 111 Å². The molecular formula is C64H46BrN12O6P. The van der Waals surface area contributed by atoms with Gasteiger partial charge < -0.3 is 25.6 Å². The first-order valence-electron chi connectivity index (χ1n) is 25.6. The number of nitrogens with zero attached hydrogens (tertiary/aromatic N) is 10. The normalized spacial score (nSPS) is 10.8. The number of phenolic OH excluding ortho intramolecular Hbond substituents is 2. The number of fused-ring (bicyclic) bond motifs is 10. The Morgan fingerprint density at radius 3 is 1.31 bits per heavy atom. The molecule has 0 radical (unpaired) electrons. The zero-order valence-electron chi connectivity index (χ0n) is 44.6. The van der Waals surface area contributed by atoms with Gasteiger partial charge in [0.15, 0.2) is 5.75 Å². The lowest BCUT2D eigenvalue weighted by atomic mass is 10.1. The number of aromatic hydroxyl groups is 2. The molecule has 5 heterocycles. The number of aromatic carboxylic acids is 1. The zero-order chi connectivity index (χ0) is 58.9. The topological polar surface area (TPSA) is 283 Å². The summed E-state index contributed by atoms with van der Waals surface area (Å²) in [7, 11) is 2.62. The zero-order valence-corrected chi connectivity index (χ0v) is 47.1. The Balaban J connectivity index is 0.000000116. The van der Waals surface area contributed by atoms with Gasteiger partial charge in [0.05, 0.1) is 98.5 Å². The summed E-state index contributed by atoms with van der Waals surface area (Å²) in [5.41, 5.74) is 20.2. The van der Waals surface area contributed by atoms with Crippen LogP contribution in [0.2, 0.25) is 0 Å². The summed E-state index contributed by atoms with van der Waals surface area (Å²) in [4.78, 5) is 73.7. The number of hydrogen-bond donors (Lipinski definition) is 5. The molecule has 4 aromatic heterocycles. The van der Waals surface area contributed by atoms with Gasteiger partial charge in [-0.25, -0.2) is 49.7 Å². The molecular weight excluding hydrogens is 1140 g/mol. The number of primary amides is 1. The molecule has 0 saturated heterocycles. The van der Waals surface area contributed by atoms with E-state index in [1.54, 1.807) is 61.3 Å². The summed E-state index contributed by atoms with van der Waals surface area (Å²) in [5.74, 6) is -1.16. The Morgan fingerprint density at radius 2 is 0.821 bits per heavy atom. The number of amides is 1. The second kappa shape index (κ2) is 25.3. The first-order chi connectivity index (χ1) is 40.8. The lowest BCUT2D eigenvalue weighted by Gasteiger charge is -2.13. The Kier molecular flexibility index (Phi) is 17.0. The van der Waals surface area contributed by atoms with Crippen molar-refractivity contribution in [3.8, 4) is 22.9 Å². The van der Waals surface area contributed by atoms with Crippen LogP contribution in [0.15, 0.2) is 216 Å². The van der Waals surface area contributed by atoms with Crippen LogP contribution < -0.4 is 11.2 Å². The number of phenols is 2. The predicted octanol–water partition coefficient (Wildman–Crippen LogP) is 13.5. The van der Waals surface area contributed by atoms with Crippen molar-refractivity contribution in [3.63, 3.8) is 0 Å². The Bertz CT molecular complexity index is 4910. The highest BCUT2D eigenvalue weighted by molar-refractivity contribution is 9.10. The van der Waals surface area contributed by atoms with E-state index in [1.807, 2.05) is 157 Å². The van der Waals surface area contributed by atoms with Crippen molar-refractivity contribution >= 4 is 135 Å². The summed E-state index contributed by atoms with van der Waals surface area (Å²) < 4.78 is 2.63. The standard InChI is InChI=1S/C13H9N3O.C13H8N2O2.C13H10N2O.C12H7BrN2O.C12H8N2O.CH4NP/c14-13(17)8-4-3-7-11-12(8)16-10-6-2-1-5-9(10)15-11;16-13(17)8-4-3-7-11-12(8)15-10-6-2-1-5-9(10)14-11;1-15-10-6-3-2-5-9(10)14-13-11(15)7-4-8-12(13)16;13-7-5-6-10-11(12(7)16)15-9-4-2-1-3-8(9)14-10;15-11-7-3-6-10-12(11)14-9-5-2-1-4-8(9)13-10;1-3-2/h1-7H,(H2,14,17);1-7H,(H,16,17);2-8H,1H3;1-6,16H;1-7,15H;2H,1H3. The number of halogens is 1. The maximum Gasteiger partial charge on any atom is 0.337 e. The van der Waals surface area contributed by atoms with Crippen LogP contribution in [0, 0.1) is 5.16 Å². The van der Waals surface area contributed by atoms with Crippen LogP contribution >= 0.6 is 24.3 Å². The van der Waals surface area contributed by atoms with Gasteiger partial charge in [-0.1, -0.05) is 84.9 Å². The molecule has 2 aliphatic rings. The smallest absolute Gasteiger partial charge is 0.337 e. The van der Waals surface area contributed by atoms with Crippen LogP contribution in [0.1, 0.15) is 20.7 Å². The summed E-state index contributed by atoms with van der Waals surface area (Å²) in [6.45, 7) is 1.76. The fourth-order valence-corrected chi connectivity index (χ4v) is 9.24. The highest BCUT2D eigenvalue weighted by atomic mass is 79.9. The van der Waals surface area contributed by atoms with E-state index < -0.39 is 11.9 Å². The summed E-state index contributed by atoms with van der Waals surface area (Å²) in [6.07, 6.45) is 0. The highest BCUT2D eigenvalue weighted by Gasteiger charge is 2.14. The third-order valence-corrected chi connectivity index (χ3v) is 13.5. The molecule has 410 valence electrons. The number of aromatic nitrogens is 10. The molecule has 0 unspecified atom stereocenters. The van der Waals surface area contributed by atoms with E-state index in [4.69, 9.17) is 16.0 Å². The first-order valence-corrected chi connectivity index (χ1v) is 27.8. The number of rotatable bonds is 2. The number of carboxylic acids is 1. The van der Waals surface area contributed by atoms with Crippen molar-refractivity contribution in [2.45, 2.75) is 0 Å². The van der Waals surface area contributed by atoms with Gasteiger partial charge in [-0.2, -0.15) is 0 Å². The Labute approximate surface area is 486 Å². The van der Waals surface area contributed by atoms with E-state index in [0.717, 1.165) is 55.3 Å². The van der Waals surface area contributed by atoms with Gasteiger partial charge in [-0.15, -0.1) is 0 Å². The molecule has 6 N–H and O–H groups in total. The van der Waals surface area contributed by atoms with Crippen molar-refractivity contribution in [1.29, 1.82) is 5.16 Å². The predicted molar refractivity (Wildman–Crippen MR) is 334 cm³/mol. The second-order valence-corrected chi connectivity index (χ2v) is 19.6. The van der Waals surface area contributed by atoms with Crippen molar-refractivity contribution in [2.24, 2.45) is 12.8 Å². The van der Waals surface area contributed by atoms with Crippen molar-refractivity contribution in [3.05, 3.63) is 232 Å². The van der Waals surface area contributed by atoms with Gasteiger partial charge in [0.2, 0.25) is 5.43 Å². The maximum absolute atomic E-state index is 11.7. The van der Waals surface area contributed by atoms with Gasteiger partial charge in [0.1, 0.15) is 33.5 Å². The number of carbonyl (C=O) groups excluding carboxylic acids is 1. The lowest BCUT2D eigenvalue weighted by Crippen LogP contribution is -2.12. The number of benzene rings is 10. The van der Waals surface area contributed by atoms with Crippen LogP contribution in [0.5, 0.6) is 11.5 Å². The van der Waals surface area contributed by atoms with Crippen molar-refractivity contribution in [1.82, 2.24) is 49.4 Å². The van der Waals surface area contributed by atoms with E-state index in [-0.39, 0.29) is 22.5 Å².